The van der Waals surface area contributed by atoms with Crippen LogP contribution in [0.15, 0.2) is 4.21 Å². The summed E-state index contributed by atoms with van der Waals surface area (Å²) in [5, 5.41) is 9.06. The fourth-order valence-electron chi connectivity index (χ4n) is 2.14. The first-order valence-corrected chi connectivity index (χ1v) is 8.55. The second-order valence-electron chi connectivity index (χ2n) is 4.56. The minimum absolute atomic E-state index is 0.0146. The number of Topliss-reactive ketones (excluding diaryl/α,β-unsaturated/α-hetero) is 1. The average Bonchev–Trinajstić information content (AvgIpc) is 2.82. The van der Waals surface area contributed by atoms with Crippen molar-refractivity contribution in [2.24, 2.45) is 0 Å². The summed E-state index contributed by atoms with van der Waals surface area (Å²) in [7, 11) is 0. The van der Waals surface area contributed by atoms with Gasteiger partial charge in [0.05, 0.1) is 4.21 Å². The van der Waals surface area contributed by atoms with E-state index in [1.807, 2.05) is 13.2 Å². The zero-order valence-corrected chi connectivity index (χ0v) is 13.2. The molecule has 1 atom stereocenters. The van der Waals surface area contributed by atoms with Gasteiger partial charge in [-0.15, -0.1) is 23.1 Å². The van der Waals surface area contributed by atoms with Gasteiger partial charge in [-0.2, -0.15) is 5.26 Å². The highest BCUT2D eigenvalue weighted by Gasteiger charge is 2.22. The van der Waals surface area contributed by atoms with Gasteiger partial charge in [-0.1, -0.05) is 0 Å². The van der Waals surface area contributed by atoms with Crippen molar-refractivity contribution in [1.29, 1.82) is 5.26 Å². The number of hydrogen-bond acceptors (Lipinski definition) is 6. The Balaban J connectivity index is 2.05. The highest BCUT2D eigenvalue weighted by molar-refractivity contribution is 8.00. The Kier molecular flexibility index (Phi) is 5.61. The molecule has 0 aliphatic carbocycles. The normalized spacial score (nSPS) is 18.8. The van der Waals surface area contributed by atoms with Crippen molar-refractivity contribution in [1.82, 2.24) is 0 Å². The minimum atomic E-state index is -0.264. The summed E-state index contributed by atoms with van der Waals surface area (Å²) in [6.45, 7) is 2.53. The van der Waals surface area contributed by atoms with E-state index in [-0.39, 0.29) is 18.7 Å². The SMILES string of the molecule is CSc1sc(C#N)c(C)c1C(=O)COC1CCCCO1. The van der Waals surface area contributed by atoms with Crippen molar-refractivity contribution in [2.75, 3.05) is 19.5 Å². The Morgan fingerprint density at radius 2 is 2.40 bits per heavy atom. The van der Waals surface area contributed by atoms with Gasteiger partial charge >= 0.3 is 0 Å². The lowest BCUT2D eigenvalue weighted by molar-refractivity contribution is -0.155. The number of rotatable bonds is 5. The molecule has 0 aromatic carbocycles. The molecule has 20 heavy (non-hydrogen) atoms. The zero-order valence-electron chi connectivity index (χ0n) is 11.6. The second kappa shape index (κ2) is 7.23. The number of nitriles is 1. The Morgan fingerprint density at radius 3 is 3.00 bits per heavy atom. The fourth-order valence-corrected chi connectivity index (χ4v) is 4.05. The quantitative estimate of drug-likeness (QED) is 0.616. The first-order chi connectivity index (χ1) is 9.67. The number of thioether (sulfide) groups is 1. The summed E-state index contributed by atoms with van der Waals surface area (Å²) in [4.78, 5) is 12.9. The van der Waals surface area contributed by atoms with Crippen molar-refractivity contribution in [3.63, 3.8) is 0 Å². The molecule has 2 heterocycles. The van der Waals surface area contributed by atoms with Gasteiger partial charge in [-0.05, 0) is 38.0 Å². The van der Waals surface area contributed by atoms with Crippen LogP contribution in [-0.4, -0.2) is 31.5 Å². The van der Waals surface area contributed by atoms with Crippen LogP contribution >= 0.6 is 23.1 Å². The molecule has 108 valence electrons. The van der Waals surface area contributed by atoms with Gasteiger partial charge < -0.3 is 9.47 Å². The van der Waals surface area contributed by atoms with Crippen molar-refractivity contribution in [3.05, 3.63) is 16.0 Å². The number of ketones is 1. The maximum absolute atomic E-state index is 12.3. The predicted octanol–water partition coefficient (Wildman–Crippen LogP) is 3.38. The molecule has 2 rings (SSSR count). The zero-order chi connectivity index (χ0) is 14.5. The van der Waals surface area contributed by atoms with E-state index in [9.17, 15) is 4.79 Å². The lowest BCUT2D eigenvalue weighted by Crippen LogP contribution is -2.25. The Morgan fingerprint density at radius 1 is 1.60 bits per heavy atom. The van der Waals surface area contributed by atoms with Crippen molar-refractivity contribution < 1.29 is 14.3 Å². The van der Waals surface area contributed by atoms with Crippen LogP contribution in [0.5, 0.6) is 0 Å². The molecule has 0 spiro atoms. The maximum atomic E-state index is 12.3. The van der Waals surface area contributed by atoms with Crippen LogP contribution in [0.3, 0.4) is 0 Å². The highest BCUT2D eigenvalue weighted by atomic mass is 32.2. The standard InChI is InChI=1S/C14H17NO3S2/c1-9-11(7-15)20-14(19-2)13(9)10(16)8-18-12-5-3-4-6-17-12/h12H,3-6,8H2,1-2H3. The molecule has 1 aliphatic rings. The Hall–Kier alpha value is -0.870. The Labute approximate surface area is 127 Å². The monoisotopic (exact) mass is 311 g/mol. The van der Waals surface area contributed by atoms with Crippen LogP contribution in [0.1, 0.15) is 40.1 Å². The molecule has 1 fully saturated rings. The minimum Gasteiger partial charge on any atom is -0.353 e. The van der Waals surface area contributed by atoms with Crippen LogP contribution in [0.4, 0.5) is 0 Å². The number of hydrogen-bond donors (Lipinski definition) is 0. The number of thiophene rings is 1. The maximum Gasteiger partial charge on any atom is 0.190 e. The summed E-state index contributed by atoms with van der Waals surface area (Å²) >= 11 is 2.87. The molecule has 0 bridgehead atoms. The van der Waals surface area contributed by atoms with E-state index in [0.717, 1.165) is 29.0 Å². The molecular weight excluding hydrogens is 294 g/mol. The molecule has 0 radical (unpaired) electrons. The van der Waals surface area contributed by atoms with E-state index in [2.05, 4.69) is 6.07 Å². The van der Waals surface area contributed by atoms with Gasteiger partial charge in [0.15, 0.2) is 12.1 Å². The van der Waals surface area contributed by atoms with E-state index in [0.29, 0.717) is 17.0 Å². The molecule has 1 aromatic rings. The number of carbonyl (C=O) groups excluding carboxylic acids is 1. The summed E-state index contributed by atoms with van der Waals surface area (Å²) < 4.78 is 11.9. The third-order valence-electron chi connectivity index (χ3n) is 3.22. The van der Waals surface area contributed by atoms with E-state index >= 15 is 0 Å². The third kappa shape index (κ3) is 3.41. The molecule has 1 saturated heterocycles. The summed E-state index contributed by atoms with van der Waals surface area (Å²) in [5.41, 5.74) is 1.40. The molecule has 0 saturated carbocycles. The lowest BCUT2D eigenvalue weighted by atomic mass is 10.1. The molecule has 1 aliphatic heterocycles. The van der Waals surface area contributed by atoms with Crippen LogP contribution in [0.25, 0.3) is 0 Å². The van der Waals surface area contributed by atoms with Gasteiger partial charge in [0.1, 0.15) is 17.6 Å². The fraction of sp³-hybridized carbons (Fsp3) is 0.571. The number of carbonyl (C=O) groups is 1. The van der Waals surface area contributed by atoms with Gasteiger partial charge in [0, 0.05) is 12.2 Å². The van der Waals surface area contributed by atoms with Crippen LogP contribution < -0.4 is 0 Å². The molecule has 1 aromatic heterocycles. The average molecular weight is 311 g/mol. The molecular formula is C14H17NO3S2. The van der Waals surface area contributed by atoms with Crippen LogP contribution in [0, 0.1) is 18.3 Å². The molecule has 4 nitrogen and oxygen atoms in total. The smallest absolute Gasteiger partial charge is 0.190 e. The van der Waals surface area contributed by atoms with E-state index in [1.165, 1.54) is 23.1 Å². The molecule has 6 heteroatoms. The molecule has 1 unspecified atom stereocenters. The van der Waals surface area contributed by atoms with Gasteiger partial charge in [-0.25, -0.2) is 0 Å². The summed E-state index contributed by atoms with van der Waals surface area (Å²) in [6.07, 6.45) is 4.62. The number of ether oxygens (including phenoxy) is 2. The predicted molar refractivity (Wildman–Crippen MR) is 79.4 cm³/mol. The second-order valence-corrected chi connectivity index (χ2v) is 6.66. The van der Waals surface area contributed by atoms with Crippen molar-refractivity contribution in [2.45, 2.75) is 36.7 Å². The van der Waals surface area contributed by atoms with E-state index in [4.69, 9.17) is 14.7 Å². The van der Waals surface area contributed by atoms with Gasteiger partial charge in [-0.3, -0.25) is 4.79 Å². The van der Waals surface area contributed by atoms with E-state index < -0.39 is 0 Å². The summed E-state index contributed by atoms with van der Waals surface area (Å²) in [5.74, 6) is -0.0706. The first-order valence-electron chi connectivity index (χ1n) is 6.51. The Bertz CT molecular complexity index is 527. The van der Waals surface area contributed by atoms with Gasteiger partial charge in [0.2, 0.25) is 0 Å². The molecule has 0 amide bonds. The first kappa shape index (κ1) is 15.5. The van der Waals surface area contributed by atoms with Crippen LogP contribution in [-0.2, 0) is 9.47 Å². The van der Waals surface area contributed by atoms with Crippen molar-refractivity contribution in [3.8, 4) is 6.07 Å². The van der Waals surface area contributed by atoms with E-state index in [1.54, 1.807) is 0 Å². The van der Waals surface area contributed by atoms with Gasteiger partial charge in [0.25, 0.3) is 0 Å². The van der Waals surface area contributed by atoms with Crippen LogP contribution in [0.2, 0.25) is 0 Å². The largest absolute Gasteiger partial charge is 0.353 e. The summed E-state index contributed by atoms with van der Waals surface area (Å²) in [6, 6.07) is 2.14. The number of nitrogens with zero attached hydrogens (tertiary/aromatic N) is 1. The highest BCUT2D eigenvalue weighted by Crippen LogP contribution is 2.34. The topological polar surface area (TPSA) is 59.3 Å². The van der Waals surface area contributed by atoms with Crippen molar-refractivity contribution >= 4 is 28.9 Å². The molecule has 0 N–H and O–H groups in total. The lowest BCUT2D eigenvalue weighted by Gasteiger charge is -2.22. The third-order valence-corrected chi connectivity index (χ3v) is 5.53.